The number of aryl methyl sites for hydroxylation is 1. The molecule has 2 aromatic heterocycles. The van der Waals surface area contributed by atoms with E-state index in [0.717, 1.165) is 22.3 Å². The molecule has 3 rings (SSSR count). The average molecular weight is 227 g/mol. The van der Waals surface area contributed by atoms with E-state index in [1.54, 1.807) is 10.9 Å². The van der Waals surface area contributed by atoms with Crippen LogP contribution >= 0.6 is 0 Å². The number of fused-ring (bicyclic) bond motifs is 1. The van der Waals surface area contributed by atoms with Crippen molar-refractivity contribution in [3.63, 3.8) is 0 Å². The standard InChI is InChI=1S/C13H13N3O/c1-16-8-10(7-15-16)13(14)12-6-9-4-2-3-5-11(9)17-12/h2-8,13H,14H2,1H3. The number of benzene rings is 1. The van der Waals surface area contributed by atoms with Crippen LogP contribution in [0.3, 0.4) is 0 Å². The number of nitrogens with two attached hydrogens (primary N) is 1. The highest BCUT2D eigenvalue weighted by Crippen LogP contribution is 2.26. The van der Waals surface area contributed by atoms with Gasteiger partial charge in [0.05, 0.1) is 12.2 Å². The normalized spacial score (nSPS) is 13.1. The third-order valence-corrected chi connectivity index (χ3v) is 2.84. The molecule has 2 N–H and O–H groups in total. The van der Waals surface area contributed by atoms with Gasteiger partial charge in [-0.3, -0.25) is 4.68 Å². The fourth-order valence-corrected chi connectivity index (χ4v) is 1.92. The van der Waals surface area contributed by atoms with Gasteiger partial charge in [-0.05, 0) is 12.1 Å². The van der Waals surface area contributed by atoms with Crippen LogP contribution in [0.5, 0.6) is 0 Å². The Morgan fingerprint density at radius 3 is 2.88 bits per heavy atom. The van der Waals surface area contributed by atoms with Crippen LogP contribution < -0.4 is 5.73 Å². The van der Waals surface area contributed by atoms with Crippen LogP contribution in [-0.4, -0.2) is 9.78 Å². The van der Waals surface area contributed by atoms with Gasteiger partial charge in [0.2, 0.25) is 0 Å². The predicted octanol–water partition coefficient (Wildman–Crippen LogP) is 2.21. The highest BCUT2D eigenvalue weighted by atomic mass is 16.3. The number of nitrogens with zero attached hydrogens (tertiary/aromatic N) is 2. The van der Waals surface area contributed by atoms with Crippen LogP contribution in [0.15, 0.2) is 47.1 Å². The summed E-state index contributed by atoms with van der Waals surface area (Å²) in [4.78, 5) is 0. The van der Waals surface area contributed by atoms with E-state index in [0.29, 0.717) is 0 Å². The SMILES string of the molecule is Cn1cc(C(N)c2cc3ccccc3o2)cn1. The zero-order chi connectivity index (χ0) is 11.8. The molecule has 2 heterocycles. The summed E-state index contributed by atoms with van der Waals surface area (Å²) < 4.78 is 7.47. The maximum absolute atomic E-state index is 6.15. The van der Waals surface area contributed by atoms with Crippen molar-refractivity contribution in [3.05, 3.63) is 54.0 Å². The summed E-state index contributed by atoms with van der Waals surface area (Å²) in [5.41, 5.74) is 7.96. The molecule has 0 bridgehead atoms. The van der Waals surface area contributed by atoms with Gasteiger partial charge in [0.15, 0.2) is 0 Å². The zero-order valence-corrected chi connectivity index (χ0v) is 9.50. The Balaban J connectivity index is 2.03. The molecular formula is C13H13N3O. The lowest BCUT2D eigenvalue weighted by Gasteiger charge is -2.04. The van der Waals surface area contributed by atoms with Gasteiger partial charge in [-0.1, -0.05) is 18.2 Å². The van der Waals surface area contributed by atoms with Gasteiger partial charge in [-0.15, -0.1) is 0 Å². The monoisotopic (exact) mass is 227 g/mol. The summed E-state index contributed by atoms with van der Waals surface area (Å²) in [5, 5.41) is 5.18. The summed E-state index contributed by atoms with van der Waals surface area (Å²) in [5.74, 6) is 0.763. The first-order valence-electron chi connectivity index (χ1n) is 5.46. The van der Waals surface area contributed by atoms with Gasteiger partial charge in [0.25, 0.3) is 0 Å². The third kappa shape index (κ3) is 1.72. The topological polar surface area (TPSA) is 57.0 Å². The number of hydrogen-bond acceptors (Lipinski definition) is 3. The van der Waals surface area contributed by atoms with Crippen molar-refractivity contribution in [2.75, 3.05) is 0 Å². The van der Waals surface area contributed by atoms with E-state index in [9.17, 15) is 0 Å². The molecule has 4 heteroatoms. The Bertz CT molecular complexity index is 620. The summed E-state index contributed by atoms with van der Waals surface area (Å²) in [6, 6.07) is 9.60. The average Bonchev–Trinajstić information content (AvgIpc) is 2.93. The number of hydrogen-bond donors (Lipinski definition) is 1. The number of furan rings is 1. The number of para-hydroxylation sites is 1. The zero-order valence-electron chi connectivity index (χ0n) is 9.50. The highest BCUT2D eigenvalue weighted by Gasteiger charge is 2.15. The van der Waals surface area contributed by atoms with Crippen LogP contribution in [0, 0.1) is 0 Å². The van der Waals surface area contributed by atoms with Crippen molar-refractivity contribution < 1.29 is 4.42 Å². The van der Waals surface area contributed by atoms with E-state index >= 15 is 0 Å². The highest BCUT2D eigenvalue weighted by molar-refractivity contribution is 5.77. The molecule has 0 aliphatic rings. The molecule has 0 amide bonds. The molecule has 0 fully saturated rings. The van der Waals surface area contributed by atoms with Crippen LogP contribution in [0.2, 0.25) is 0 Å². The minimum atomic E-state index is -0.268. The maximum atomic E-state index is 6.15. The van der Waals surface area contributed by atoms with E-state index in [2.05, 4.69) is 5.10 Å². The van der Waals surface area contributed by atoms with Crippen molar-refractivity contribution in [2.24, 2.45) is 12.8 Å². The second-order valence-corrected chi connectivity index (χ2v) is 4.11. The van der Waals surface area contributed by atoms with Crippen LogP contribution in [0.4, 0.5) is 0 Å². The van der Waals surface area contributed by atoms with Crippen molar-refractivity contribution in [2.45, 2.75) is 6.04 Å². The van der Waals surface area contributed by atoms with Gasteiger partial charge < -0.3 is 10.2 Å². The summed E-state index contributed by atoms with van der Waals surface area (Å²) >= 11 is 0. The van der Waals surface area contributed by atoms with Crippen LogP contribution in [0.25, 0.3) is 11.0 Å². The number of rotatable bonds is 2. The quantitative estimate of drug-likeness (QED) is 0.730. The molecule has 0 radical (unpaired) electrons. The molecule has 17 heavy (non-hydrogen) atoms. The van der Waals surface area contributed by atoms with Gasteiger partial charge in [0.1, 0.15) is 11.3 Å². The van der Waals surface area contributed by atoms with E-state index in [1.807, 2.05) is 43.6 Å². The molecule has 0 aliphatic heterocycles. The summed E-state index contributed by atoms with van der Waals surface area (Å²) in [7, 11) is 1.87. The van der Waals surface area contributed by atoms with Gasteiger partial charge in [-0.2, -0.15) is 5.10 Å². The second kappa shape index (κ2) is 3.75. The molecule has 1 atom stereocenters. The Kier molecular flexibility index (Phi) is 2.23. The molecule has 1 unspecified atom stereocenters. The molecule has 0 aliphatic carbocycles. The third-order valence-electron chi connectivity index (χ3n) is 2.84. The first-order chi connectivity index (χ1) is 8.24. The molecule has 1 aromatic carbocycles. The van der Waals surface area contributed by atoms with Gasteiger partial charge in [0, 0.05) is 24.2 Å². The Morgan fingerprint density at radius 1 is 1.35 bits per heavy atom. The van der Waals surface area contributed by atoms with Crippen molar-refractivity contribution >= 4 is 11.0 Å². The van der Waals surface area contributed by atoms with Crippen molar-refractivity contribution in [1.82, 2.24) is 9.78 Å². The molecular weight excluding hydrogens is 214 g/mol. The Labute approximate surface area is 98.6 Å². The van der Waals surface area contributed by atoms with E-state index in [-0.39, 0.29) is 6.04 Å². The number of aromatic nitrogens is 2. The Hall–Kier alpha value is -2.07. The van der Waals surface area contributed by atoms with E-state index < -0.39 is 0 Å². The van der Waals surface area contributed by atoms with E-state index in [4.69, 9.17) is 10.2 Å². The second-order valence-electron chi connectivity index (χ2n) is 4.11. The van der Waals surface area contributed by atoms with Crippen molar-refractivity contribution in [3.8, 4) is 0 Å². The minimum absolute atomic E-state index is 0.268. The molecule has 86 valence electrons. The first-order valence-corrected chi connectivity index (χ1v) is 5.46. The largest absolute Gasteiger partial charge is 0.459 e. The maximum Gasteiger partial charge on any atom is 0.134 e. The minimum Gasteiger partial charge on any atom is -0.459 e. The molecule has 3 aromatic rings. The van der Waals surface area contributed by atoms with Crippen LogP contribution in [-0.2, 0) is 7.05 Å². The van der Waals surface area contributed by atoms with Crippen LogP contribution in [0.1, 0.15) is 17.4 Å². The molecule has 0 saturated carbocycles. The lowest BCUT2D eigenvalue weighted by molar-refractivity contribution is 0.525. The molecule has 4 nitrogen and oxygen atoms in total. The molecule has 0 spiro atoms. The van der Waals surface area contributed by atoms with E-state index in [1.165, 1.54) is 0 Å². The van der Waals surface area contributed by atoms with Crippen molar-refractivity contribution in [1.29, 1.82) is 0 Å². The fourth-order valence-electron chi connectivity index (χ4n) is 1.92. The van der Waals surface area contributed by atoms with Gasteiger partial charge >= 0.3 is 0 Å². The van der Waals surface area contributed by atoms with Gasteiger partial charge in [-0.25, -0.2) is 0 Å². The Morgan fingerprint density at radius 2 is 2.18 bits per heavy atom. The lowest BCUT2D eigenvalue weighted by Crippen LogP contribution is -2.09. The first kappa shape index (κ1) is 10.1. The fraction of sp³-hybridized carbons (Fsp3) is 0.154. The smallest absolute Gasteiger partial charge is 0.134 e. The lowest BCUT2D eigenvalue weighted by atomic mass is 10.1. The summed E-state index contributed by atoms with van der Waals surface area (Å²) in [6.45, 7) is 0. The summed E-state index contributed by atoms with van der Waals surface area (Å²) in [6.07, 6.45) is 3.66. The molecule has 0 saturated heterocycles. The predicted molar refractivity (Wildman–Crippen MR) is 65.5 cm³/mol.